The van der Waals surface area contributed by atoms with Gasteiger partial charge in [-0.25, -0.2) is 0 Å². The molecule has 1 atom stereocenters. The van der Waals surface area contributed by atoms with Gasteiger partial charge >= 0.3 is 0 Å². The number of benzene rings is 1. The molecular formula is C22H25N3O3S. The van der Waals surface area contributed by atoms with E-state index in [0.29, 0.717) is 18.0 Å². The Bertz CT molecular complexity index is 915. The number of piperidine rings is 1. The van der Waals surface area contributed by atoms with Gasteiger partial charge in [0.1, 0.15) is 5.75 Å². The molecule has 0 radical (unpaired) electrons. The van der Waals surface area contributed by atoms with Crippen molar-refractivity contribution >= 4 is 17.2 Å². The summed E-state index contributed by atoms with van der Waals surface area (Å²) in [6, 6.07) is 13.6. The fraction of sp³-hybridized carbons (Fsp3) is 0.364. The van der Waals surface area contributed by atoms with Crippen LogP contribution in [0.15, 0.2) is 52.4 Å². The average molecular weight is 412 g/mol. The number of methoxy groups -OCH3 is 1. The number of aromatic nitrogens is 1. The summed E-state index contributed by atoms with van der Waals surface area (Å²) in [4.78, 5) is 16.4. The van der Waals surface area contributed by atoms with Gasteiger partial charge in [0.25, 0.3) is 5.91 Å². The van der Waals surface area contributed by atoms with E-state index in [1.54, 1.807) is 24.5 Å². The number of hydrogen-bond acceptors (Lipinski definition) is 6. The molecule has 0 spiro atoms. The molecule has 3 aromatic rings. The summed E-state index contributed by atoms with van der Waals surface area (Å²) in [7, 11) is 1.62. The van der Waals surface area contributed by atoms with Crippen LogP contribution in [0.5, 0.6) is 5.75 Å². The molecule has 1 saturated heterocycles. The fourth-order valence-corrected chi connectivity index (χ4v) is 4.53. The Hall–Kier alpha value is -2.64. The molecule has 6 nitrogen and oxygen atoms in total. The van der Waals surface area contributed by atoms with Crippen LogP contribution in [0.3, 0.4) is 0 Å². The first kappa shape index (κ1) is 19.7. The molecule has 0 saturated carbocycles. The SMILES string of the molecule is COc1ccc(-c2cc(C(=O)NC[C@H](c3cccs3)N3CCCCC3)no2)cc1. The van der Waals surface area contributed by atoms with E-state index < -0.39 is 0 Å². The highest BCUT2D eigenvalue weighted by molar-refractivity contribution is 7.10. The lowest BCUT2D eigenvalue weighted by molar-refractivity contribution is 0.0917. The molecule has 1 aliphatic heterocycles. The van der Waals surface area contributed by atoms with Gasteiger partial charge in [-0.1, -0.05) is 17.6 Å². The number of nitrogens with one attached hydrogen (secondary N) is 1. The number of thiophene rings is 1. The van der Waals surface area contributed by atoms with Crippen molar-refractivity contribution in [1.82, 2.24) is 15.4 Å². The summed E-state index contributed by atoms with van der Waals surface area (Å²) in [5.74, 6) is 1.11. The van der Waals surface area contributed by atoms with Gasteiger partial charge in [-0.15, -0.1) is 11.3 Å². The molecule has 2 aromatic heterocycles. The van der Waals surface area contributed by atoms with E-state index >= 15 is 0 Å². The Morgan fingerprint density at radius 3 is 2.72 bits per heavy atom. The van der Waals surface area contributed by atoms with Crippen LogP contribution < -0.4 is 10.1 Å². The van der Waals surface area contributed by atoms with Crippen LogP contribution in [0.25, 0.3) is 11.3 Å². The lowest BCUT2D eigenvalue weighted by Crippen LogP contribution is -2.40. The maximum absolute atomic E-state index is 12.7. The van der Waals surface area contributed by atoms with Gasteiger partial charge in [0.2, 0.25) is 0 Å². The third-order valence-corrected chi connectivity index (χ3v) is 6.25. The standard InChI is InChI=1S/C22H25N3O3S/c1-27-17-9-7-16(8-10-17)20-14-18(24-28-20)22(26)23-15-19(21-6-5-13-29-21)25-11-3-2-4-12-25/h5-10,13-14,19H,2-4,11-12,15H2,1H3,(H,23,26)/t19-/m1/s1. The molecule has 29 heavy (non-hydrogen) atoms. The Morgan fingerprint density at radius 2 is 2.03 bits per heavy atom. The number of rotatable bonds is 7. The first-order valence-corrected chi connectivity index (χ1v) is 10.8. The predicted molar refractivity (Wildman–Crippen MR) is 113 cm³/mol. The zero-order chi connectivity index (χ0) is 20.1. The van der Waals surface area contributed by atoms with Crippen molar-refractivity contribution in [1.29, 1.82) is 0 Å². The number of hydrogen-bond donors (Lipinski definition) is 1. The molecule has 152 valence electrons. The third-order valence-electron chi connectivity index (χ3n) is 5.28. The molecule has 7 heteroatoms. The smallest absolute Gasteiger partial charge is 0.273 e. The fourth-order valence-electron chi connectivity index (χ4n) is 3.67. The van der Waals surface area contributed by atoms with Crippen molar-refractivity contribution in [2.45, 2.75) is 25.3 Å². The highest BCUT2D eigenvalue weighted by Crippen LogP contribution is 2.28. The van der Waals surface area contributed by atoms with Crippen molar-refractivity contribution in [2.75, 3.05) is 26.7 Å². The van der Waals surface area contributed by atoms with Gasteiger partial charge in [-0.3, -0.25) is 9.69 Å². The largest absolute Gasteiger partial charge is 0.497 e. The minimum absolute atomic E-state index is 0.201. The van der Waals surface area contributed by atoms with E-state index in [9.17, 15) is 4.79 Å². The van der Waals surface area contributed by atoms with E-state index in [1.165, 1.54) is 24.1 Å². The number of carbonyl (C=O) groups excluding carboxylic acids is 1. The van der Waals surface area contributed by atoms with Crippen LogP contribution in [0.4, 0.5) is 0 Å². The quantitative estimate of drug-likeness (QED) is 0.625. The van der Waals surface area contributed by atoms with Crippen LogP contribution in [0.1, 0.15) is 40.7 Å². The number of amides is 1. The molecular weight excluding hydrogens is 386 g/mol. The topological polar surface area (TPSA) is 67.6 Å². The van der Waals surface area contributed by atoms with E-state index in [-0.39, 0.29) is 11.9 Å². The Morgan fingerprint density at radius 1 is 1.24 bits per heavy atom. The Kier molecular flexibility index (Phi) is 6.27. The molecule has 0 bridgehead atoms. The molecule has 0 unspecified atom stereocenters. The second-order valence-electron chi connectivity index (χ2n) is 7.14. The zero-order valence-electron chi connectivity index (χ0n) is 16.5. The van der Waals surface area contributed by atoms with Crippen LogP contribution in [0.2, 0.25) is 0 Å². The van der Waals surface area contributed by atoms with Crippen molar-refractivity contribution in [3.8, 4) is 17.1 Å². The summed E-state index contributed by atoms with van der Waals surface area (Å²) in [6.07, 6.45) is 3.71. The van der Waals surface area contributed by atoms with E-state index in [2.05, 4.69) is 32.9 Å². The van der Waals surface area contributed by atoms with Crippen LogP contribution in [0, 0.1) is 0 Å². The normalized spacial score (nSPS) is 15.8. The Balaban J connectivity index is 1.42. The molecule has 4 rings (SSSR count). The summed E-state index contributed by atoms with van der Waals surface area (Å²) < 4.78 is 10.6. The van der Waals surface area contributed by atoms with Gasteiger partial charge in [0, 0.05) is 23.1 Å². The summed E-state index contributed by atoms with van der Waals surface area (Å²) >= 11 is 1.74. The van der Waals surface area contributed by atoms with Gasteiger partial charge < -0.3 is 14.6 Å². The van der Waals surface area contributed by atoms with E-state index in [4.69, 9.17) is 9.26 Å². The first-order chi connectivity index (χ1) is 14.2. The van der Waals surface area contributed by atoms with Crippen molar-refractivity contribution < 1.29 is 14.1 Å². The Labute approximate surface area is 174 Å². The molecule has 3 heterocycles. The van der Waals surface area contributed by atoms with Crippen LogP contribution in [-0.4, -0.2) is 42.7 Å². The molecule has 0 aliphatic carbocycles. The molecule has 1 amide bonds. The van der Waals surface area contributed by atoms with Crippen molar-refractivity contribution in [2.24, 2.45) is 0 Å². The highest BCUT2D eigenvalue weighted by atomic mass is 32.1. The van der Waals surface area contributed by atoms with Crippen molar-refractivity contribution in [3.05, 3.63) is 58.4 Å². The lowest BCUT2D eigenvalue weighted by atomic mass is 10.1. The summed E-state index contributed by atoms with van der Waals surface area (Å²) in [5, 5.41) is 9.10. The lowest BCUT2D eigenvalue weighted by Gasteiger charge is -2.34. The molecule has 1 aliphatic rings. The number of carbonyl (C=O) groups is 1. The van der Waals surface area contributed by atoms with Crippen molar-refractivity contribution in [3.63, 3.8) is 0 Å². The molecule has 1 aromatic carbocycles. The second kappa shape index (κ2) is 9.24. The maximum atomic E-state index is 12.7. The monoisotopic (exact) mass is 411 g/mol. The van der Waals surface area contributed by atoms with E-state index in [0.717, 1.165) is 24.4 Å². The minimum Gasteiger partial charge on any atom is -0.497 e. The van der Waals surface area contributed by atoms with E-state index in [1.807, 2.05) is 24.3 Å². The van der Waals surface area contributed by atoms with Gasteiger partial charge in [0.15, 0.2) is 11.5 Å². The first-order valence-electron chi connectivity index (χ1n) is 9.91. The average Bonchev–Trinajstić information content (AvgIpc) is 3.47. The van der Waals surface area contributed by atoms with Crippen LogP contribution in [-0.2, 0) is 0 Å². The molecule has 1 N–H and O–H groups in total. The zero-order valence-corrected chi connectivity index (χ0v) is 17.3. The molecule has 1 fully saturated rings. The second-order valence-corrected chi connectivity index (χ2v) is 8.12. The number of nitrogens with zero attached hydrogens (tertiary/aromatic N) is 2. The van der Waals surface area contributed by atoms with Gasteiger partial charge in [0.05, 0.1) is 13.2 Å². The van der Waals surface area contributed by atoms with Gasteiger partial charge in [-0.2, -0.15) is 0 Å². The number of ether oxygens (including phenoxy) is 1. The highest BCUT2D eigenvalue weighted by Gasteiger charge is 2.24. The predicted octanol–water partition coefficient (Wildman–Crippen LogP) is 4.37. The maximum Gasteiger partial charge on any atom is 0.273 e. The minimum atomic E-state index is -0.216. The summed E-state index contributed by atoms with van der Waals surface area (Å²) in [6.45, 7) is 2.71. The van der Waals surface area contributed by atoms with Crippen LogP contribution >= 0.6 is 11.3 Å². The number of likely N-dealkylation sites (tertiary alicyclic amines) is 1. The van der Waals surface area contributed by atoms with Gasteiger partial charge in [-0.05, 0) is 61.6 Å². The summed E-state index contributed by atoms with van der Waals surface area (Å²) in [5.41, 5.74) is 1.14. The third kappa shape index (κ3) is 4.68.